The maximum atomic E-state index is 13.2. The number of amides is 2. The Kier molecular flexibility index (Phi) is 6.00. The molecule has 1 aromatic carbocycles. The summed E-state index contributed by atoms with van der Waals surface area (Å²) in [7, 11) is 0. The predicted octanol–water partition coefficient (Wildman–Crippen LogP) is 1.78. The van der Waals surface area contributed by atoms with Crippen LogP contribution < -0.4 is 15.5 Å². The number of hydrogen-bond acceptors (Lipinski definition) is 3. The Hall–Kier alpha value is -1.82. The van der Waals surface area contributed by atoms with Gasteiger partial charge in [0, 0.05) is 38.0 Å². The Bertz CT molecular complexity index is 510. The number of anilines is 1. The number of carbonyl (C=O) groups is 1. The molecule has 1 fully saturated rings. The van der Waals surface area contributed by atoms with Crippen LogP contribution in [0.15, 0.2) is 18.2 Å². The maximum Gasteiger partial charge on any atom is 0.315 e. The van der Waals surface area contributed by atoms with Gasteiger partial charge in [0.15, 0.2) is 0 Å². The molecule has 1 unspecified atom stereocenters. The zero-order chi connectivity index (χ0) is 15.9. The van der Waals surface area contributed by atoms with Crippen molar-refractivity contribution in [3.05, 3.63) is 29.6 Å². The third-order valence-electron chi connectivity index (χ3n) is 3.88. The Morgan fingerprint density at radius 2 is 2.32 bits per heavy atom. The first-order valence-electron chi connectivity index (χ1n) is 7.76. The molecule has 1 aliphatic heterocycles. The first kappa shape index (κ1) is 16.5. The monoisotopic (exact) mass is 309 g/mol. The highest BCUT2D eigenvalue weighted by Gasteiger charge is 2.22. The van der Waals surface area contributed by atoms with Gasteiger partial charge < -0.3 is 20.6 Å². The molecule has 6 heteroatoms. The number of aliphatic hydroxyl groups is 1. The van der Waals surface area contributed by atoms with Crippen LogP contribution >= 0.6 is 0 Å². The Balaban J connectivity index is 1.90. The Morgan fingerprint density at radius 1 is 1.50 bits per heavy atom. The molecule has 1 aliphatic rings. The molecule has 122 valence electrons. The van der Waals surface area contributed by atoms with Crippen molar-refractivity contribution in [3.63, 3.8) is 0 Å². The highest BCUT2D eigenvalue weighted by molar-refractivity contribution is 5.74. The summed E-state index contributed by atoms with van der Waals surface area (Å²) in [5, 5.41) is 14.4. The number of hydrogen-bond donors (Lipinski definition) is 3. The average molecular weight is 309 g/mol. The maximum absolute atomic E-state index is 13.2. The number of carbonyl (C=O) groups excluding carboxylic acids is 1. The summed E-state index contributed by atoms with van der Waals surface area (Å²) in [6.07, 6.45) is 2.47. The Labute approximate surface area is 130 Å². The van der Waals surface area contributed by atoms with E-state index >= 15 is 0 Å². The van der Waals surface area contributed by atoms with Gasteiger partial charge in [0.1, 0.15) is 5.82 Å². The average Bonchev–Trinajstić information content (AvgIpc) is 2.47. The number of aryl methyl sites for hydroxylation is 1. The van der Waals surface area contributed by atoms with Crippen LogP contribution in [0.1, 0.15) is 24.8 Å². The normalized spacial score (nSPS) is 18.1. The van der Waals surface area contributed by atoms with Crippen LogP contribution in [0.3, 0.4) is 0 Å². The van der Waals surface area contributed by atoms with Crippen molar-refractivity contribution in [1.29, 1.82) is 0 Å². The Morgan fingerprint density at radius 3 is 3.05 bits per heavy atom. The molecule has 2 rings (SSSR count). The summed E-state index contributed by atoms with van der Waals surface area (Å²) < 4.78 is 13.2. The summed E-state index contributed by atoms with van der Waals surface area (Å²) in [6, 6.07) is 4.69. The van der Waals surface area contributed by atoms with Crippen LogP contribution in [-0.4, -0.2) is 43.4 Å². The van der Waals surface area contributed by atoms with Crippen LogP contribution in [0.2, 0.25) is 0 Å². The van der Waals surface area contributed by atoms with Gasteiger partial charge in [-0.2, -0.15) is 0 Å². The molecule has 1 atom stereocenters. The van der Waals surface area contributed by atoms with Crippen molar-refractivity contribution in [2.45, 2.75) is 32.2 Å². The summed E-state index contributed by atoms with van der Waals surface area (Å²) in [5.41, 5.74) is 1.93. The van der Waals surface area contributed by atoms with Gasteiger partial charge >= 0.3 is 6.03 Å². The minimum atomic E-state index is -0.226. The fourth-order valence-corrected chi connectivity index (χ4v) is 2.80. The minimum Gasteiger partial charge on any atom is -0.396 e. The van der Waals surface area contributed by atoms with E-state index in [1.165, 1.54) is 12.1 Å². The summed E-state index contributed by atoms with van der Waals surface area (Å²) >= 11 is 0. The van der Waals surface area contributed by atoms with Gasteiger partial charge in [0.2, 0.25) is 0 Å². The smallest absolute Gasteiger partial charge is 0.315 e. The minimum absolute atomic E-state index is 0.0708. The SMILES string of the molecule is Cc1cc(F)ccc1N1CCCC(NC(=O)NCCCO)C1. The lowest BCUT2D eigenvalue weighted by Crippen LogP contribution is -2.50. The molecule has 1 aromatic rings. The van der Waals surface area contributed by atoms with Crippen molar-refractivity contribution < 1.29 is 14.3 Å². The van der Waals surface area contributed by atoms with E-state index in [4.69, 9.17) is 5.11 Å². The zero-order valence-corrected chi connectivity index (χ0v) is 12.9. The van der Waals surface area contributed by atoms with Crippen molar-refractivity contribution in [2.75, 3.05) is 31.1 Å². The van der Waals surface area contributed by atoms with Crippen LogP contribution in [-0.2, 0) is 0 Å². The van der Waals surface area contributed by atoms with Gasteiger partial charge in [0.05, 0.1) is 0 Å². The van der Waals surface area contributed by atoms with Crippen molar-refractivity contribution in [2.24, 2.45) is 0 Å². The summed E-state index contributed by atoms with van der Waals surface area (Å²) in [6.45, 7) is 4.07. The van der Waals surface area contributed by atoms with E-state index in [0.717, 1.165) is 37.2 Å². The van der Waals surface area contributed by atoms with Crippen LogP contribution in [0, 0.1) is 12.7 Å². The number of rotatable bonds is 5. The molecule has 1 heterocycles. The van der Waals surface area contributed by atoms with Crippen LogP contribution in [0.4, 0.5) is 14.9 Å². The van der Waals surface area contributed by atoms with E-state index in [1.54, 1.807) is 6.07 Å². The molecule has 22 heavy (non-hydrogen) atoms. The summed E-state index contributed by atoms with van der Waals surface area (Å²) in [4.78, 5) is 14.0. The molecule has 5 nitrogen and oxygen atoms in total. The van der Waals surface area contributed by atoms with Gasteiger partial charge in [0.25, 0.3) is 0 Å². The first-order valence-corrected chi connectivity index (χ1v) is 7.76. The zero-order valence-electron chi connectivity index (χ0n) is 12.9. The second-order valence-electron chi connectivity index (χ2n) is 5.69. The van der Waals surface area contributed by atoms with E-state index < -0.39 is 0 Å². The topological polar surface area (TPSA) is 64.6 Å². The highest BCUT2D eigenvalue weighted by Crippen LogP contribution is 2.24. The molecule has 2 amide bonds. The number of benzene rings is 1. The lowest BCUT2D eigenvalue weighted by atomic mass is 10.0. The molecular formula is C16H24FN3O2. The summed E-state index contributed by atoms with van der Waals surface area (Å²) in [5.74, 6) is -0.226. The largest absolute Gasteiger partial charge is 0.396 e. The lowest BCUT2D eigenvalue weighted by Gasteiger charge is -2.35. The van der Waals surface area contributed by atoms with Crippen LogP contribution in [0.5, 0.6) is 0 Å². The van der Waals surface area contributed by atoms with Crippen molar-refractivity contribution >= 4 is 11.7 Å². The first-order chi connectivity index (χ1) is 10.6. The van der Waals surface area contributed by atoms with Crippen molar-refractivity contribution in [3.8, 4) is 0 Å². The van der Waals surface area contributed by atoms with Gasteiger partial charge in [-0.3, -0.25) is 0 Å². The number of halogens is 1. The lowest BCUT2D eigenvalue weighted by molar-refractivity contribution is 0.232. The highest BCUT2D eigenvalue weighted by atomic mass is 19.1. The second-order valence-corrected chi connectivity index (χ2v) is 5.69. The molecule has 0 bridgehead atoms. The van der Waals surface area contributed by atoms with E-state index in [1.807, 2.05) is 6.92 Å². The van der Waals surface area contributed by atoms with Gasteiger partial charge in [-0.05, 0) is 49.9 Å². The fraction of sp³-hybridized carbons (Fsp3) is 0.562. The number of aliphatic hydroxyl groups excluding tert-OH is 1. The van der Waals surface area contributed by atoms with Crippen LogP contribution in [0.25, 0.3) is 0 Å². The van der Waals surface area contributed by atoms with Gasteiger partial charge in [-0.25, -0.2) is 9.18 Å². The number of urea groups is 1. The van der Waals surface area contributed by atoms with E-state index in [0.29, 0.717) is 13.0 Å². The number of nitrogens with one attached hydrogen (secondary N) is 2. The van der Waals surface area contributed by atoms with Crippen molar-refractivity contribution in [1.82, 2.24) is 10.6 Å². The standard InChI is InChI=1S/C16H24FN3O2/c1-12-10-13(17)5-6-15(12)20-8-2-4-14(11-20)19-16(22)18-7-3-9-21/h5-6,10,14,21H,2-4,7-9,11H2,1H3,(H2,18,19,22). The fourth-order valence-electron chi connectivity index (χ4n) is 2.80. The van der Waals surface area contributed by atoms with E-state index in [2.05, 4.69) is 15.5 Å². The third-order valence-corrected chi connectivity index (χ3v) is 3.88. The predicted molar refractivity (Wildman–Crippen MR) is 84.6 cm³/mol. The van der Waals surface area contributed by atoms with Gasteiger partial charge in [-0.15, -0.1) is 0 Å². The molecule has 0 aliphatic carbocycles. The molecule has 1 saturated heterocycles. The quantitative estimate of drug-likeness (QED) is 0.727. The van der Waals surface area contributed by atoms with Gasteiger partial charge in [-0.1, -0.05) is 0 Å². The van der Waals surface area contributed by atoms with E-state index in [-0.39, 0.29) is 24.5 Å². The molecular weight excluding hydrogens is 285 g/mol. The van der Waals surface area contributed by atoms with E-state index in [9.17, 15) is 9.18 Å². The second kappa shape index (κ2) is 7.98. The molecule has 0 saturated carbocycles. The molecule has 3 N–H and O–H groups in total. The third kappa shape index (κ3) is 4.59. The molecule has 0 aromatic heterocycles. The number of piperidine rings is 1. The molecule has 0 radical (unpaired) electrons. The molecule has 0 spiro atoms. The number of nitrogens with zero attached hydrogens (tertiary/aromatic N) is 1.